The summed E-state index contributed by atoms with van der Waals surface area (Å²) in [4.78, 5) is 2.29. The van der Waals surface area contributed by atoms with Gasteiger partial charge in [-0.15, -0.1) is 5.10 Å². The zero-order chi connectivity index (χ0) is 12.2. The molecule has 0 bridgehead atoms. The van der Waals surface area contributed by atoms with Crippen LogP contribution in [0.15, 0.2) is 6.20 Å². The molecule has 1 aromatic rings. The smallest absolute Gasteiger partial charge is 0.0967 e. The summed E-state index contributed by atoms with van der Waals surface area (Å²) in [6, 6.07) is 0. The lowest BCUT2D eigenvalue weighted by Crippen LogP contribution is -2.50. The molecule has 0 saturated carbocycles. The lowest BCUT2D eigenvalue weighted by Gasteiger charge is -2.39. The molecule has 1 rings (SSSR count). The topological polar surface area (TPSA) is 60.0 Å². The van der Waals surface area contributed by atoms with Crippen molar-refractivity contribution >= 4 is 0 Å². The number of likely N-dealkylation sites (N-methyl/N-ethyl adjacent to an activating group) is 1. The van der Waals surface area contributed by atoms with Crippen molar-refractivity contribution in [2.45, 2.75) is 38.8 Å². The number of nitrogens with zero attached hydrogens (tertiary/aromatic N) is 4. The van der Waals surface area contributed by atoms with E-state index in [-0.39, 0.29) is 5.54 Å². The molecular formula is C11H23N5. The number of aromatic nitrogens is 3. The Balaban J connectivity index is 2.72. The SMILES string of the molecule is CCC(CC)(CN)N(C)Cc1cn(C)nn1. The molecule has 0 aliphatic rings. The van der Waals surface area contributed by atoms with Crippen LogP contribution in [-0.4, -0.2) is 39.0 Å². The molecule has 0 amide bonds. The summed E-state index contributed by atoms with van der Waals surface area (Å²) < 4.78 is 1.73. The number of aryl methyl sites for hydroxylation is 1. The molecule has 0 saturated heterocycles. The molecule has 0 radical (unpaired) electrons. The van der Waals surface area contributed by atoms with Crippen molar-refractivity contribution in [3.05, 3.63) is 11.9 Å². The fourth-order valence-electron chi connectivity index (χ4n) is 2.11. The van der Waals surface area contributed by atoms with Crippen molar-refractivity contribution in [2.75, 3.05) is 13.6 Å². The summed E-state index contributed by atoms with van der Waals surface area (Å²) in [6.07, 6.45) is 4.05. The van der Waals surface area contributed by atoms with Crippen LogP contribution in [0.3, 0.4) is 0 Å². The van der Waals surface area contributed by atoms with E-state index in [1.54, 1.807) is 4.68 Å². The Morgan fingerprint density at radius 3 is 2.44 bits per heavy atom. The van der Waals surface area contributed by atoms with Gasteiger partial charge in [0.15, 0.2) is 0 Å². The van der Waals surface area contributed by atoms with Gasteiger partial charge in [0.05, 0.1) is 5.69 Å². The Kier molecular flexibility index (Phi) is 4.44. The minimum atomic E-state index is 0.0809. The third-order valence-corrected chi connectivity index (χ3v) is 3.56. The van der Waals surface area contributed by atoms with E-state index in [2.05, 4.69) is 36.1 Å². The van der Waals surface area contributed by atoms with Gasteiger partial charge in [-0.3, -0.25) is 9.58 Å². The average molecular weight is 225 g/mol. The molecule has 16 heavy (non-hydrogen) atoms. The zero-order valence-electron chi connectivity index (χ0n) is 10.8. The predicted octanol–water partition coefficient (Wildman–Crippen LogP) is 0.764. The van der Waals surface area contributed by atoms with Crippen LogP contribution < -0.4 is 5.73 Å². The second-order valence-electron chi connectivity index (χ2n) is 4.38. The van der Waals surface area contributed by atoms with Gasteiger partial charge in [0.2, 0.25) is 0 Å². The van der Waals surface area contributed by atoms with Crippen LogP contribution in [0.5, 0.6) is 0 Å². The van der Waals surface area contributed by atoms with Crippen LogP contribution >= 0.6 is 0 Å². The van der Waals surface area contributed by atoms with E-state index in [1.165, 1.54) is 0 Å². The third-order valence-electron chi connectivity index (χ3n) is 3.56. The fourth-order valence-corrected chi connectivity index (χ4v) is 2.11. The number of hydrogen-bond donors (Lipinski definition) is 1. The van der Waals surface area contributed by atoms with Crippen LogP contribution in [0.2, 0.25) is 0 Å². The van der Waals surface area contributed by atoms with Gasteiger partial charge in [-0.1, -0.05) is 19.1 Å². The largest absolute Gasteiger partial charge is 0.329 e. The molecule has 2 N–H and O–H groups in total. The lowest BCUT2D eigenvalue weighted by atomic mass is 9.91. The van der Waals surface area contributed by atoms with Crippen LogP contribution in [0.25, 0.3) is 0 Å². The number of rotatable bonds is 6. The third kappa shape index (κ3) is 2.59. The summed E-state index contributed by atoms with van der Waals surface area (Å²) in [5.74, 6) is 0. The Bertz CT molecular complexity index is 308. The van der Waals surface area contributed by atoms with E-state index >= 15 is 0 Å². The molecule has 1 heterocycles. The summed E-state index contributed by atoms with van der Waals surface area (Å²) >= 11 is 0. The standard InChI is InChI=1S/C11H23N5/c1-5-11(6-2,9-12)15(3)7-10-8-16(4)14-13-10/h8H,5-7,9,12H2,1-4H3. The molecule has 0 fully saturated rings. The summed E-state index contributed by atoms with van der Waals surface area (Å²) in [5.41, 5.74) is 6.98. The quantitative estimate of drug-likeness (QED) is 0.776. The monoisotopic (exact) mass is 225 g/mol. The van der Waals surface area contributed by atoms with Crippen LogP contribution in [0.4, 0.5) is 0 Å². The summed E-state index contributed by atoms with van der Waals surface area (Å²) in [5, 5.41) is 8.04. The average Bonchev–Trinajstić information content (AvgIpc) is 2.67. The second kappa shape index (κ2) is 5.41. The van der Waals surface area contributed by atoms with Gasteiger partial charge >= 0.3 is 0 Å². The first-order valence-corrected chi connectivity index (χ1v) is 5.84. The van der Waals surface area contributed by atoms with Crippen LogP contribution in [-0.2, 0) is 13.6 Å². The molecule has 0 unspecified atom stereocenters. The lowest BCUT2D eigenvalue weighted by molar-refractivity contribution is 0.106. The van der Waals surface area contributed by atoms with Crippen molar-refractivity contribution in [1.82, 2.24) is 19.9 Å². The minimum absolute atomic E-state index is 0.0809. The molecule has 1 aromatic heterocycles. The highest BCUT2D eigenvalue weighted by atomic mass is 15.4. The molecule has 0 aliphatic carbocycles. The molecule has 0 atom stereocenters. The first-order chi connectivity index (χ1) is 7.57. The summed E-state index contributed by atoms with van der Waals surface area (Å²) in [6.45, 7) is 5.84. The minimum Gasteiger partial charge on any atom is -0.329 e. The summed E-state index contributed by atoms with van der Waals surface area (Å²) in [7, 11) is 3.99. The number of nitrogens with two attached hydrogens (primary N) is 1. The van der Waals surface area contributed by atoms with Crippen molar-refractivity contribution in [1.29, 1.82) is 0 Å². The van der Waals surface area contributed by atoms with Gasteiger partial charge in [-0.05, 0) is 19.9 Å². The normalized spacial score (nSPS) is 12.4. The van der Waals surface area contributed by atoms with Crippen molar-refractivity contribution < 1.29 is 0 Å². The maximum atomic E-state index is 5.91. The van der Waals surface area contributed by atoms with Gasteiger partial charge in [-0.2, -0.15) is 0 Å². The van der Waals surface area contributed by atoms with E-state index in [4.69, 9.17) is 5.73 Å². The Labute approximate surface area is 97.6 Å². The highest BCUT2D eigenvalue weighted by Crippen LogP contribution is 2.22. The van der Waals surface area contributed by atoms with Crippen LogP contribution in [0, 0.1) is 0 Å². The number of hydrogen-bond acceptors (Lipinski definition) is 4. The highest BCUT2D eigenvalue weighted by Gasteiger charge is 2.29. The Morgan fingerprint density at radius 2 is 2.06 bits per heavy atom. The first-order valence-electron chi connectivity index (χ1n) is 5.84. The molecule has 0 spiro atoms. The fraction of sp³-hybridized carbons (Fsp3) is 0.818. The maximum absolute atomic E-state index is 5.91. The van der Waals surface area contributed by atoms with E-state index in [0.29, 0.717) is 6.54 Å². The van der Waals surface area contributed by atoms with Crippen molar-refractivity contribution in [3.63, 3.8) is 0 Å². The van der Waals surface area contributed by atoms with E-state index in [9.17, 15) is 0 Å². The van der Waals surface area contributed by atoms with Crippen molar-refractivity contribution in [2.24, 2.45) is 12.8 Å². The van der Waals surface area contributed by atoms with Crippen molar-refractivity contribution in [3.8, 4) is 0 Å². The molecule has 5 heteroatoms. The Morgan fingerprint density at radius 1 is 1.44 bits per heavy atom. The van der Waals surface area contributed by atoms with Gasteiger partial charge in [0.25, 0.3) is 0 Å². The molecule has 0 aliphatic heterocycles. The van der Waals surface area contributed by atoms with E-state index in [1.807, 2.05) is 13.2 Å². The van der Waals surface area contributed by atoms with Gasteiger partial charge in [0.1, 0.15) is 0 Å². The van der Waals surface area contributed by atoms with Gasteiger partial charge in [-0.25, -0.2) is 0 Å². The second-order valence-corrected chi connectivity index (χ2v) is 4.38. The van der Waals surface area contributed by atoms with Gasteiger partial charge < -0.3 is 5.73 Å². The molecule has 5 nitrogen and oxygen atoms in total. The molecule has 0 aromatic carbocycles. The first kappa shape index (κ1) is 13.1. The predicted molar refractivity (Wildman–Crippen MR) is 64.8 cm³/mol. The Hall–Kier alpha value is -0.940. The maximum Gasteiger partial charge on any atom is 0.0967 e. The zero-order valence-corrected chi connectivity index (χ0v) is 10.8. The molecule has 92 valence electrons. The highest BCUT2D eigenvalue weighted by molar-refractivity contribution is 4.96. The van der Waals surface area contributed by atoms with Crippen LogP contribution in [0.1, 0.15) is 32.4 Å². The van der Waals surface area contributed by atoms with E-state index in [0.717, 1.165) is 25.1 Å². The molecular weight excluding hydrogens is 202 g/mol. The van der Waals surface area contributed by atoms with Gasteiger partial charge in [0, 0.05) is 31.9 Å². The van der Waals surface area contributed by atoms with E-state index < -0.39 is 0 Å².